The van der Waals surface area contributed by atoms with E-state index in [1.54, 1.807) is 0 Å². The maximum Gasteiger partial charge on any atom is 0.0999 e. The molecule has 0 aliphatic rings. The quantitative estimate of drug-likeness (QED) is 0.524. The molecule has 0 aliphatic heterocycles. The zero-order chi connectivity index (χ0) is 8.20. The fourth-order valence-electron chi connectivity index (χ4n) is 0.995. The predicted molar refractivity (Wildman–Crippen MR) is 47.8 cm³/mol. The molecule has 0 saturated carbocycles. The van der Waals surface area contributed by atoms with Gasteiger partial charge >= 0.3 is 0 Å². The van der Waals surface area contributed by atoms with Gasteiger partial charge in [-0.2, -0.15) is 0 Å². The summed E-state index contributed by atoms with van der Waals surface area (Å²) in [6, 6.07) is 0. The second kappa shape index (κ2) is 3.90. The summed E-state index contributed by atoms with van der Waals surface area (Å²) in [6.07, 6.45) is 4.87. The molecule has 0 amide bonds. The summed E-state index contributed by atoms with van der Waals surface area (Å²) in [5.41, 5.74) is 0.496. The maximum absolute atomic E-state index is 2.41. The van der Waals surface area contributed by atoms with Crippen LogP contribution in [0.1, 0.15) is 47.5 Å². The van der Waals surface area contributed by atoms with Gasteiger partial charge in [0.1, 0.15) is 0 Å². The van der Waals surface area contributed by atoms with Gasteiger partial charge in [0.05, 0.1) is 18.8 Å². The Morgan fingerprint density at radius 3 is 2.10 bits per heavy atom. The molecule has 0 nitrogen and oxygen atoms in total. The van der Waals surface area contributed by atoms with Crippen molar-refractivity contribution in [1.29, 1.82) is 0 Å². The normalized spacial score (nSPS) is 14.9. The third kappa shape index (κ3) is 2.64. The van der Waals surface area contributed by atoms with Crippen LogP contribution in [0, 0.1) is 17.8 Å². The van der Waals surface area contributed by atoms with Crippen LogP contribution in [0.5, 0.6) is 0 Å². The van der Waals surface area contributed by atoms with Crippen LogP contribution in [0.15, 0.2) is 0 Å². The molecule has 10 heavy (non-hydrogen) atoms. The fourth-order valence-corrected chi connectivity index (χ4v) is 0.995. The van der Waals surface area contributed by atoms with Crippen LogP contribution in [0.3, 0.4) is 0 Å². The molecule has 0 saturated heterocycles. The third-order valence-corrected chi connectivity index (χ3v) is 2.73. The van der Waals surface area contributed by atoms with Crippen molar-refractivity contribution >= 4 is 0 Å². The lowest BCUT2D eigenvalue weighted by Gasteiger charge is -2.24. The Hall–Kier alpha value is -0.130. The average molecular weight is 141 g/mol. The Morgan fingerprint density at radius 1 is 1.30 bits per heavy atom. The van der Waals surface area contributed by atoms with Crippen molar-refractivity contribution in [3.05, 3.63) is 6.42 Å². The van der Waals surface area contributed by atoms with E-state index >= 15 is 0 Å². The van der Waals surface area contributed by atoms with Crippen LogP contribution in [-0.2, 0) is 0 Å². The maximum atomic E-state index is 2.41. The van der Waals surface area contributed by atoms with E-state index in [0.29, 0.717) is 5.41 Å². The summed E-state index contributed by atoms with van der Waals surface area (Å²) >= 11 is 0. The predicted octanol–water partition coefficient (Wildman–Crippen LogP) is 3.67. The van der Waals surface area contributed by atoms with Crippen LogP contribution < -0.4 is 0 Å². The fraction of sp³-hybridized carbons (Fsp3) is 0.900. The van der Waals surface area contributed by atoms with Crippen molar-refractivity contribution in [3.63, 3.8) is 0 Å². The molecule has 0 aromatic rings. The Balaban J connectivity index is 3.78. The van der Waals surface area contributed by atoms with Gasteiger partial charge in [-0.15, -0.1) is 0 Å². The number of hydrogen-bond acceptors (Lipinski definition) is 0. The van der Waals surface area contributed by atoms with Gasteiger partial charge in [-0.1, -0.05) is 20.8 Å². The summed E-state index contributed by atoms with van der Waals surface area (Å²) in [4.78, 5) is 0. The number of hydrogen-bond donors (Lipinski definition) is 0. The Kier molecular flexibility index (Phi) is 3.85. The van der Waals surface area contributed by atoms with Crippen molar-refractivity contribution in [3.8, 4) is 0 Å². The highest BCUT2D eigenvalue weighted by Crippen LogP contribution is 2.32. The van der Waals surface area contributed by atoms with Gasteiger partial charge < -0.3 is 0 Å². The van der Waals surface area contributed by atoms with Crippen molar-refractivity contribution in [2.24, 2.45) is 11.3 Å². The largest absolute Gasteiger partial charge is 0.0999 e. The minimum atomic E-state index is 0.496. The van der Waals surface area contributed by atoms with E-state index in [1.165, 1.54) is 12.8 Å². The summed E-state index contributed by atoms with van der Waals surface area (Å²) < 4.78 is 0. The van der Waals surface area contributed by atoms with Gasteiger partial charge in [-0.3, -0.25) is 0 Å². The third-order valence-electron chi connectivity index (χ3n) is 2.73. The van der Waals surface area contributed by atoms with E-state index in [0.717, 1.165) is 5.92 Å². The van der Waals surface area contributed by atoms with Crippen LogP contribution in [0.2, 0.25) is 0 Å². The highest BCUT2D eigenvalue weighted by Gasteiger charge is 2.28. The molecule has 0 N–H and O–H groups in total. The van der Waals surface area contributed by atoms with Gasteiger partial charge in [-0.05, 0) is 20.3 Å². The zero-order valence-electron chi connectivity index (χ0n) is 8.07. The summed E-state index contributed by atoms with van der Waals surface area (Å²) in [5.74, 6) is 0.752. The van der Waals surface area contributed by atoms with Crippen LogP contribution in [0.4, 0.5) is 0 Å². The van der Waals surface area contributed by atoms with Crippen molar-refractivity contribution in [1.82, 2.24) is 0 Å². The molecular weight excluding hydrogens is 120 g/mol. The molecule has 0 aliphatic carbocycles. The first-order valence-corrected chi connectivity index (χ1v) is 4.38. The monoisotopic (exact) mass is 141 g/mol. The van der Waals surface area contributed by atoms with E-state index in [1.807, 2.05) is 0 Å². The van der Waals surface area contributed by atoms with E-state index in [9.17, 15) is 0 Å². The van der Waals surface area contributed by atoms with E-state index in [2.05, 4.69) is 41.0 Å². The molecule has 0 spiro atoms. The smallest absolute Gasteiger partial charge is 0.0647 e. The molecule has 0 rings (SSSR count). The first-order valence-electron chi connectivity index (χ1n) is 4.38. The Labute approximate surface area is 66.0 Å². The lowest BCUT2D eigenvalue weighted by molar-refractivity contribution is 0.248. The first-order chi connectivity index (χ1) is 4.54. The van der Waals surface area contributed by atoms with E-state index in [4.69, 9.17) is 0 Å². The second-order valence-electron chi connectivity index (χ2n) is 3.77. The van der Waals surface area contributed by atoms with Crippen LogP contribution in [0.25, 0.3) is 0 Å². The Bertz CT molecular complexity index is 82.0. The van der Waals surface area contributed by atoms with Crippen LogP contribution >= 0.6 is 0 Å². The molecule has 0 fully saturated rings. The summed E-state index contributed by atoms with van der Waals surface area (Å²) in [7, 11) is 0. The van der Waals surface area contributed by atoms with Gasteiger partial charge in [0, 0.05) is 5.41 Å². The van der Waals surface area contributed by atoms with Crippen molar-refractivity contribution in [2.75, 3.05) is 0 Å². The molecule has 60 valence electrons. The highest BCUT2D eigenvalue weighted by atomic mass is 14.3. The lowest BCUT2D eigenvalue weighted by Crippen LogP contribution is -2.20. The zero-order valence-corrected chi connectivity index (χ0v) is 8.07. The summed E-state index contributed by atoms with van der Waals surface area (Å²) in [6.45, 7) is 11.5. The topological polar surface area (TPSA) is 0 Å². The number of rotatable bonds is 4. The van der Waals surface area contributed by atoms with E-state index < -0.39 is 0 Å². The molecule has 0 aromatic heterocycles. The molecule has 1 unspecified atom stereocenters. The second-order valence-corrected chi connectivity index (χ2v) is 3.77. The van der Waals surface area contributed by atoms with Gasteiger partial charge in [0.25, 0.3) is 0 Å². The molecule has 0 heteroatoms. The minimum Gasteiger partial charge on any atom is -0.0647 e. The van der Waals surface area contributed by atoms with Crippen molar-refractivity contribution in [2.45, 2.75) is 47.5 Å². The first kappa shape index (κ1) is 9.87. The van der Waals surface area contributed by atoms with Crippen LogP contribution in [-0.4, -0.2) is 0 Å². The molecular formula is C10H21+. The standard InChI is InChI=1S/C10H21/c1-6-8-9(3)10(4,5)7-2/h8-9H,6-7H2,1-5H3/q+1. The molecule has 0 radical (unpaired) electrons. The van der Waals surface area contributed by atoms with Gasteiger partial charge in [0.2, 0.25) is 0 Å². The molecule has 0 bridgehead atoms. The average Bonchev–Trinajstić information content (AvgIpc) is 1.89. The summed E-state index contributed by atoms with van der Waals surface area (Å²) in [5, 5.41) is 0. The van der Waals surface area contributed by atoms with Gasteiger partial charge in [-0.25, -0.2) is 0 Å². The minimum absolute atomic E-state index is 0.496. The van der Waals surface area contributed by atoms with Crippen molar-refractivity contribution < 1.29 is 0 Å². The SMILES string of the molecule is CC[CH+]C(C)C(C)(C)CC. The highest BCUT2D eigenvalue weighted by molar-refractivity contribution is 4.83. The molecule has 1 atom stereocenters. The molecule has 0 heterocycles. The Morgan fingerprint density at radius 2 is 1.80 bits per heavy atom. The lowest BCUT2D eigenvalue weighted by atomic mass is 9.76. The molecule has 0 aromatic carbocycles. The van der Waals surface area contributed by atoms with E-state index in [-0.39, 0.29) is 0 Å². The van der Waals surface area contributed by atoms with Gasteiger partial charge in [0.15, 0.2) is 0 Å².